The zero-order valence-electron chi connectivity index (χ0n) is 21.3. The lowest BCUT2D eigenvalue weighted by Gasteiger charge is -2.29. The van der Waals surface area contributed by atoms with E-state index in [1.54, 1.807) is 12.1 Å². The van der Waals surface area contributed by atoms with E-state index in [-0.39, 0.29) is 24.0 Å². The molecule has 36 heavy (non-hydrogen) atoms. The molecule has 0 atom stereocenters. The standard InChI is InChI=1S/C31H38F2O3/c1-2-3-4-5-6-19-34-28-21-35-30(36-22-28)18-11-24-10-17-29-26(20-24)14-13-25(31(29)33)12-7-23-8-15-27(32)16-9-23/h8-10,13-17,20,28,30H,2-7,11-12,18-19,21-22H2,1H3. The van der Waals surface area contributed by atoms with Crippen LogP contribution in [-0.2, 0) is 33.5 Å². The van der Waals surface area contributed by atoms with E-state index >= 15 is 4.39 Å². The zero-order valence-corrected chi connectivity index (χ0v) is 21.3. The molecule has 0 spiro atoms. The number of halogens is 2. The highest BCUT2D eigenvalue weighted by Gasteiger charge is 2.22. The first-order valence-electron chi connectivity index (χ1n) is 13.4. The number of benzene rings is 3. The molecule has 3 aromatic carbocycles. The van der Waals surface area contributed by atoms with Crippen molar-refractivity contribution in [3.63, 3.8) is 0 Å². The van der Waals surface area contributed by atoms with Crippen molar-refractivity contribution in [2.24, 2.45) is 0 Å². The Kier molecular flexibility index (Phi) is 10.3. The van der Waals surface area contributed by atoms with E-state index in [0.717, 1.165) is 42.4 Å². The fourth-order valence-electron chi connectivity index (χ4n) is 4.69. The van der Waals surface area contributed by atoms with Crippen molar-refractivity contribution in [1.82, 2.24) is 0 Å². The van der Waals surface area contributed by atoms with Crippen molar-refractivity contribution in [3.8, 4) is 0 Å². The van der Waals surface area contributed by atoms with Crippen LogP contribution in [0.2, 0.25) is 0 Å². The minimum Gasteiger partial charge on any atom is -0.373 e. The number of aryl methyl sites for hydroxylation is 3. The number of ether oxygens (including phenoxy) is 3. The van der Waals surface area contributed by atoms with Gasteiger partial charge in [0.25, 0.3) is 0 Å². The van der Waals surface area contributed by atoms with Crippen molar-refractivity contribution in [1.29, 1.82) is 0 Å². The molecule has 0 aromatic heterocycles. The van der Waals surface area contributed by atoms with Gasteiger partial charge in [-0.1, -0.05) is 75.1 Å². The highest BCUT2D eigenvalue weighted by Crippen LogP contribution is 2.25. The van der Waals surface area contributed by atoms with Gasteiger partial charge in [0.15, 0.2) is 6.29 Å². The molecule has 1 saturated heterocycles. The van der Waals surface area contributed by atoms with Gasteiger partial charge >= 0.3 is 0 Å². The van der Waals surface area contributed by atoms with Gasteiger partial charge in [-0.2, -0.15) is 0 Å². The Hall–Kier alpha value is -2.34. The van der Waals surface area contributed by atoms with Crippen molar-refractivity contribution < 1.29 is 23.0 Å². The first-order valence-corrected chi connectivity index (χ1v) is 13.4. The molecule has 1 fully saturated rings. The summed E-state index contributed by atoms with van der Waals surface area (Å²) in [7, 11) is 0. The van der Waals surface area contributed by atoms with Gasteiger partial charge in [0, 0.05) is 18.4 Å². The molecule has 0 saturated carbocycles. The van der Waals surface area contributed by atoms with Crippen molar-refractivity contribution in [3.05, 3.63) is 82.9 Å². The van der Waals surface area contributed by atoms with Crippen LogP contribution in [0, 0.1) is 11.6 Å². The van der Waals surface area contributed by atoms with Gasteiger partial charge in [0.1, 0.15) is 17.7 Å². The highest BCUT2D eigenvalue weighted by atomic mass is 19.1. The number of unbranched alkanes of at least 4 members (excludes halogenated alkanes) is 4. The molecule has 3 aromatic rings. The van der Waals surface area contributed by atoms with E-state index in [9.17, 15) is 4.39 Å². The maximum absolute atomic E-state index is 15.1. The van der Waals surface area contributed by atoms with Crippen LogP contribution in [0.5, 0.6) is 0 Å². The Labute approximate surface area is 213 Å². The van der Waals surface area contributed by atoms with E-state index in [1.807, 2.05) is 24.3 Å². The van der Waals surface area contributed by atoms with E-state index in [4.69, 9.17) is 14.2 Å². The van der Waals surface area contributed by atoms with Gasteiger partial charge in [-0.25, -0.2) is 8.78 Å². The molecule has 0 bridgehead atoms. The topological polar surface area (TPSA) is 27.7 Å². The second-order valence-electron chi connectivity index (χ2n) is 9.76. The fraction of sp³-hybridized carbons (Fsp3) is 0.484. The molecule has 1 aliphatic rings. The highest BCUT2D eigenvalue weighted by molar-refractivity contribution is 5.84. The molecule has 0 N–H and O–H groups in total. The normalized spacial score (nSPS) is 18.1. The lowest BCUT2D eigenvalue weighted by molar-refractivity contribution is -0.227. The Morgan fingerprint density at radius 2 is 1.56 bits per heavy atom. The summed E-state index contributed by atoms with van der Waals surface area (Å²) in [6, 6.07) is 16.2. The first-order chi connectivity index (χ1) is 17.6. The maximum Gasteiger partial charge on any atom is 0.158 e. The third-order valence-corrected chi connectivity index (χ3v) is 6.90. The number of hydrogen-bond acceptors (Lipinski definition) is 3. The van der Waals surface area contributed by atoms with Gasteiger partial charge in [-0.15, -0.1) is 0 Å². The maximum atomic E-state index is 15.1. The van der Waals surface area contributed by atoms with Crippen LogP contribution in [-0.4, -0.2) is 32.2 Å². The van der Waals surface area contributed by atoms with Crippen LogP contribution in [0.1, 0.15) is 62.1 Å². The van der Waals surface area contributed by atoms with Gasteiger partial charge in [-0.3, -0.25) is 0 Å². The number of rotatable bonds is 13. The SMILES string of the molecule is CCCCCCCOC1COC(CCc2ccc3c(F)c(CCc4ccc(F)cc4)ccc3c2)OC1. The summed E-state index contributed by atoms with van der Waals surface area (Å²) in [6.45, 7) is 4.14. The molecular formula is C31H38F2O3. The lowest BCUT2D eigenvalue weighted by atomic mass is 9.98. The second-order valence-corrected chi connectivity index (χ2v) is 9.76. The molecule has 5 heteroatoms. The summed E-state index contributed by atoms with van der Waals surface area (Å²) in [5.41, 5.74) is 2.82. The quantitative estimate of drug-likeness (QED) is 0.229. The Morgan fingerprint density at radius 3 is 2.33 bits per heavy atom. The van der Waals surface area contributed by atoms with Crippen LogP contribution in [0.15, 0.2) is 54.6 Å². The molecule has 0 amide bonds. The van der Waals surface area contributed by atoms with E-state index in [1.165, 1.54) is 37.8 Å². The van der Waals surface area contributed by atoms with Crippen LogP contribution in [0.3, 0.4) is 0 Å². The summed E-state index contributed by atoms with van der Waals surface area (Å²) < 4.78 is 45.9. The Bertz CT molecular complexity index is 1080. The largest absolute Gasteiger partial charge is 0.373 e. The van der Waals surface area contributed by atoms with Gasteiger partial charge in [0.05, 0.1) is 13.2 Å². The van der Waals surface area contributed by atoms with Crippen LogP contribution in [0.4, 0.5) is 8.78 Å². The van der Waals surface area contributed by atoms with Gasteiger partial charge in [0.2, 0.25) is 0 Å². The molecule has 194 valence electrons. The van der Waals surface area contributed by atoms with Gasteiger partial charge < -0.3 is 14.2 Å². The lowest BCUT2D eigenvalue weighted by Crippen LogP contribution is -2.37. The molecule has 4 rings (SSSR count). The van der Waals surface area contributed by atoms with Crippen LogP contribution in [0.25, 0.3) is 10.8 Å². The molecule has 1 heterocycles. The average molecular weight is 497 g/mol. The molecule has 0 unspecified atom stereocenters. The second kappa shape index (κ2) is 13.8. The van der Waals surface area contributed by atoms with Gasteiger partial charge in [-0.05, 0) is 59.9 Å². The average Bonchev–Trinajstić information content (AvgIpc) is 2.90. The Balaban J connectivity index is 1.22. The van der Waals surface area contributed by atoms with E-state index < -0.39 is 0 Å². The summed E-state index contributed by atoms with van der Waals surface area (Å²) in [5, 5.41) is 1.53. The Morgan fingerprint density at radius 1 is 0.806 bits per heavy atom. The third-order valence-electron chi connectivity index (χ3n) is 6.90. The smallest absolute Gasteiger partial charge is 0.158 e. The zero-order chi connectivity index (χ0) is 25.2. The fourth-order valence-corrected chi connectivity index (χ4v) is 4.69. The van der Waals surface area contributed by atoms with Crippen molar-refractivity contribution in [2.75, 3.05) is 19.8 Å². The predicted molar refractivity (Wildman–Crippen MR) is 140 cm³/mol. The van der Waals surface area contributed by atoms with Crippen LogP contribution >= 0.6 is 0 Å². The van der Waals surface area contributed by atoms with Crippen molar-refractivity contribution in [2.45, 2.75) is 77.1 Å². The minimum atomic E-state index is -0.255. The first kappa shape index (κ1) is 26.7. The molecule has 0 radical (unpaired) electrons. The predicted octanol–water partition coefficient (Wildman–Crippen LogP) is 7.56. The molecule has 1 aliphatic heterocycles. The monoisotopic (exact) mass is 496 g/mol. The molecular weight excluding hydrogens is 458 g/mol. The molecule has 0 aliphatic carbocycles. The minimum absolute atomic E-state index is 0.0216. The summed E-state index contributed by atoms with van der Waals surface area (Å²) >= 11 is 0. The summed E-state index contributed by atoms with van der Waals surface area (Å²) in [5.74, 6) is -0.425. The van der Waals surface area contributed by atoms with E-state index in [2.05, 4.69) is 13.0 Å². The third kappa shape index (κ3) is 7.83. The number of fused-ring (bicyclic) bond motifs is 1. The van der Waals surface area contributed by atoms with E-state index in [0.29, 0.717) is 37.0 Å². The number of hydrogen-bond donors (Lipinski definition) is 0. The summed E-state index contributed by atoms with van der Waals surface area (Å²) in [6.07, 6.45) is 8.75. The van der Waals surface area contributed by atoms with Crippen LogP contribution < -0.4 is 0 Å². The summed E-state index contributed by atoms with van der Waals surface area (Å²) in [4.78, 5) is 0. The molecule has 3 nitrogen and oxygen atoms in total. The van der Waals surface area contributed by atoms with Crippen molar-refractivity contribution >= 4 is 10.8 Å².